The average molecular weight is 352 g/mol. The van der Waals surface area contributed by atoms with Crippen LogP contribution in [0.4, 0.5) is 0 Å². The fourth-order valence-corrected chi connectivity index (χ4v) is 2.51. The normalized spacial score (nSPS) is 14.3. The Bertz CT molecular complexity index is 591. The second-order valence-corrected chi connectivity index (χ2v) is 6.69. The van der Waals surface area contributed by atoms with Gasteiger partial charge in [0, 0.05) is 31.1 Å². The number of furan rings is 1. The Morgan fingerprint density at radius 1 is 1.36 bits per heavy atom. The number of aliphatic hydroxyl groups is 1. The Labute approximate surface area is 150 Å². The van der Waals surface area contributed by atoms with Gasteiger partial charge in [-0.25, -0.2) is 4.99 Å². The number of aryl methyl sites for hydroxylation is 2. The minimum absolute atomic E-state index is 0.00478. The first-order valence-corrected chi connectivity index (χ1v) is 8.77. The molecule has 25 heavy (non-hydrogen) atoms. The Morgan fingerprint density at radius 2 is 2.04 bits per heavy atom. The molecule has 0 fully saturated rings. The molecule has 7 nitrogen and oxygen atoms in total. The Hall–Kier alpha value is -2.02. The summed E-state index contributed by atoms with van der Waals surface area (Å²) in [7, 11) is 0. The van der Waals surface area contributed by atoms with Crippen molar-refractivity contribution in [1.29, 1.82) is 0 Å². The molecule has 142 valence electrons. The zero-order chi connectivity index (χ0) is 19.0. The van der Waals surface area contributed by atoms with Crippen LogP contribution in [0.5, 0.6) is 0 Å². The van der Waals surface area contributed by atoms with Crippen LogP contribution in [0, 0.1) is 13.8 Å². The number of guanidine groups is 1. The molecule has 0 saturated carbocycles. The van der Waals surface area contributed by atoms with E-state index in [1.165, 1.54) is 0 Å². The van der Waals surface area contributed by atoms with Crippen LogP contribution in [0.25, 0.3) is 0 Å². The van der Waals surface area contributed by atoms with Crippen LogP contribution < -0.4 is 16.0 Å². The maximum Gasteiger partial charge on any atom is 0.221 e. The third-order valence-electron chi connectivity index (χ3n) is 3.60. The molecule has 0 aromatic carbocycles. The van der Waals surface area contributed by atoms with Crippen molar-refractivity contribution in [2.24, 2.45) is 4.99 Å². The van der Waals surface area contributed by atoms with Crippen LogP contribution in [-0.4, -0.2) is 42.6 Å². The lowest BCUT2D eigenvalue weighted by atomic mass is 9.96. The van der Waals surface area contributed by atoms with E-state index < -0.39 is 5.60 Å². The molecule has 0 radical (unpaired) electrons. The largest absolute Gasteiger partial charge is 0.466 e. The minimum atomic E-state index is -1.13. The highest BCUT2D eigenvalue weighted by Crippen LogP contribution is 2.27. The quantitative estimate of drug-likeness (QED) is 0.420. The van der Waals surface area contributed by atoms with Crippen molar-refractivity contribution in [1.82, 2.24) is 16.0 Å². The molecule has 0 aliphatic carbocycles. The number of hydrogen-bond acceptors (Lipinski definition) is 4. The third-order valence-corrected chi connectivity index (χ3v) is 3.60. The monoisotopic (exact) mass is 352 g/mol. The van der Waals surface area contributed by atoms with Gasteiger partial charge in [0.1, 0.15) is 17.1 Å². The van der Waals surface area contributed by atoms with E-state index in [1.807, 2.05) is 40.7 Å². The van der Waals surface area contributed by atoms with Gasteiger partial charge in [0.2, 0.25) is 5.91 Å². The smallest absolute Gasteiger partial charge is 0.221 e. The van der Waals surface area contributed by atoms with Gasteiger partial charge in [0.25, 0.3) is 0 Å². The molecular weight excluding hydrogens is 320 g/mol. The van der Waals surface area contributed by atoms with Gasteiger partial charge in [-0.1, -0.05) is 0 Å². The van der Waals surface area contributed by atoms with E-state index >= 15 is 0 Å². The van der Waals surface area contributed by atoms with E-state index in [0.29, 0.717) is 31.2 Å². The molecule has 0 saturated heterocycles. The summed E-state index contributed by atoms with van der Waals surface area (Å²) in [6.07, 6.45) is 0.360. The van der Waals surface area contributed by atoms with Crippen molar-refractivity contribution < 1.29 is 14.3 Å². The van der Waals surface area contributed by atoms with Gasteiger partial charge < -0.3 is 25.5 Å². The summed E-state index contributed by atoms with van der Waals surface area (Å²) >= 11 is 0. The van der Waals surface area contributed by atoms with Crippen molar-refractivity contribution in [3.8, 4) is 0 Å². The SMILES string of the molecule is CCNC(=NCC(C)(O)c1cc(C)oc1C)NCCC(=O)NC(C)C. The first-order chi connectivity index (χ1) is 11.7. The summed E-state index contributed by atoms with van der Waals surface area (Å²) in [6.45, 7) is 12.6. The maximum absolute atomic E-state index is 11.7. The molecule has 1 amide bonds. The van der Waals surface area contributed by atoms with Gasteiger partial charge in [-0.2, -0.15) is 0 Å². The van der Waals surface area contributed by atoms with Gasteiger partial charge in [-0.15, -0.1) is 0 Å². The highest BCUT2D eigenvalue weighted by molar-refractivity contribution is 5.81. The molecule has 1 aromatic heterocycles. The van der Waals surface area contributed by atoms with E-state index in [0.717, 1.165) is 11.3 Å². The van der Waals surface area contributed by atoms with Gasteiger partial charge >= 0.3 is 0 Å². The average Bonchev–Trinajstić information content (AvgIpc) is 2.83. The standard InChI is InChI=1S/C18H32N4O3/c1-7-19-17(20-9-8-16(23)22-12(2)3)21-11-18(6,24)15-10-13(4)25-14(15)5/h10,12,24H,7-9,11H2,1-6H3,(H,22,23)(H2,19,20,21). The number of nitrogens with one attached hydrogen (secondary N) is 3. The van der Waals surface area contributed by atoms with Crippen molar-refractivity contribution in [2.75, 3.05) is 19.6 Å². The lowest BCUT2D eigenvalue weighted by molar-refractivity contribution is -0.121. The van der Waals surface area contributed by atoms with Crippen molar-refractivity contribution in [2.45, 2.75) is 59.6 Å². The maximum atomic E-state index is 11.7. The number of nitrogens with zero attached hydrogens (tertiary/aromatic N) is 1. The zero-order valence-electron chi connectivity index (χ0n) is 16.2. The molecule has 7 heteroatoms. The van der Waals surface area contributed by atoms with E-state index in [9.17, 15) is 9.90 Å². The van der Waals surface area contributed by atoms with Crippen molar-refractivity contribution >= 4 is 11.9 Å². The predicted octanol–water partition coefficient (Wildman–Crippen LogP) is 1.57. The topological polar surface area (TPSA) is 98.9 Å². The van der Waals surface area contributed by atoms with Gasteiger partial charge in [-0.05, 0) is 47.6 Å². The highest BCUT2D eigenvalue weighted by atomic mass is 16.3. The fourth-order valence-electron chi connectivity index (χ4n) is 2.51. The first kappa shape index (κ1) is 21.0. The summed E-state index contributed by atoms with van der Waals surface area (Å²) in [4.78, 5) is 16.1. The Kier molecular flexibility index (Phi) is 7.96. The lowest BCUT2D eigenvalue weighted by Gasteiger charge is -2.21. The van der Waals surface area contributed by atoms with E-state index in [1.54, 1.807) is 6.92 Å². The molecular formula is C18H32N4O3. The second-order valence-electron chi connectivity index (χ2n) is 6.69. The molecule has 1 heterocycles. The van der Waals surface area contributed by atoms with Gasteiger partial charge in [-0.3, -0.25) is 4.79 Å². The Balaban J connectivity index is 2.65. The van der Waals surface area contributed by atoms with E-state index in [4.69, 9.17) is 4.42 Å². The summed E-state index contributed by atoms with van der Waals surface area (Å²) < 4.78 is 5.49. The minimum Gasteiger partial charge on any atom is -0.466 e. The van der Waals surface area contributed by atoms with Crippen LogP contribution in [-0.2, 0) is 10.4 Å². The van der Waals surface area contributed by atoms with Crippen molar-refractivity contribution in [3.63, 3.8) is 0 Å². The molecule has 1 atom stereocenters. The molecule has 1 rings (SSSR count). The number of carbonyl (C=O) groups excluding carboxylic acids is 1. The number of amides is 1. The third kappa shape index (κ3) is 7.17. The van der Waals surface area contributed by atoms with E-state index in [2.05, 4.69) is 20.9 Å². The number of rotatable bonds is 8. The summed E-state index contributed by atoms with van der Waals surface area (Å²) in [5.74, 6) is 2.02. The molecule has 0 bridgehead atoms. The van der Waals surface area contributed by atoms with E-state index in [-0.39, 0.29) is 18.5 Å². The molecule has 1 unspecified atom stereocenters. The van der Waals surface area contributed by atoms with Crippen LogP contribution in [0.2, 0.25) is 0 Å². The predicted molar refractivity (Wildman–Crippen MR) is 99.6 cm³/mol. The summed E-state index contributed by atoms with van der Waals surface area (Å²) in [5.41, 5.74) is -0.389. The first-order valence-electron chi connectivity index (χ1n) is 8.77. The molecule has 4 N–H and O–H groups in total. The molecule has 0 aliphatic heterocycles. The highest BCUT2D eigenvalue weighted by Gasteiger charge is 2.27. The Morgan fingerprint density at radius 3 is 2.56 bits per heavy atom. The number of carbonyl (C=O) groups is 1. The zero-order valence-corrected chi connectivity index (χ0v) is 16.2. The van der Waals surface area contributed by atoms with Crippen LogP contribution in [0.3, 0.4) is 0 Å². The molecule has 0 spiro atoms. The summed E-state index contributed by atoms with van der Waals surface area (Å²) in [5, 5.41) is 19.8. The molecule has 1 aromatic rings. The van der Waals surface area contributed by atoms with Crippen LogP contribution in [0.15, 0.2) is 15.5 Å². The van der Waals surface area contributed by atoms with Crippen LogP contribution in [0.1, 0.15) is 51.2 Å². The van der Waals surface area contributed by atoms with Crippen molar-refractivity contribution in [3.05, 3.63) is 23.2 Å². The molecule has 0 aliphatic rings. The summed E-state index contributed by atoms with van der Waals surface area (Å²) in [6, 6.07) is 1.97. The number of hydrogen-bond donors (Lipinski definition) is 4. The lowest BCUT2D eigenvalue weighted by Crippen LogP contribution is -2.41. The van der Waals surface area contributed by atoms with Gasteiger partial charge in [0.15, 0.2) is 5.96 Å². The second kappa shape index (κ2) is 9.46. The number of aliphatic imine (C=N–C) groups is 1. The fraction of sp³-hybridized carbons (Fsp3) is 0.667. The van der Waals surface area contributed by atoms with Gasteiger partial charge in [0.05, 0.1) is 6.54 Å². The van der Waals surface area contributed by atoms with Crippen LogP contribution >= 0.6 is 0 Å².